The number of halogens is 3. The maximum atomic E-state index is 3.80. The van der Waals surface area contributed by atoms with E-state index in [0.717, 1.165) is 3.79 Å². The lowest BCUT2D eigenvalue weighted by atomic mass is 9.99. The molecular formula is C13H11Br3S. The van der Waals surface area contributed by atoms with Crippen LogP contribution in [0.2, 0.25) is 0 Å². The molecule has 90 valence electrons. The van der Waals surface area contributed by atoms with Crippen molar-refractivity contribution in [3.63, 3.8) is 0 Å². The van der Waals surface area contributed by atoms with Gasteiger partial charge in [-0.05, 0) is 74.0 Å². The van der Waals surface area contributed by atoms with E-state index in [-0.39, 0.29) is 4.83 Å². The quantitative estimate of drug-likeness (QED) is 0.477. The van der Waals surface area contributed by atoms with Crippen LogP contribution in [0, 0.1) is 13.8 Å². The van der Waals surface area contributed by atoms with Crippen molar-refractivity contribution in [3.05, 3.63) is 54.1 Å². The van der Waals surface area contributed by atoms with Gasteiger partial charge in [0, 0.05) is 0 Å². The highest BCUT2D eigenvalue weighted by molar-refractivity contribution is 9.12. The summed E-state index contributed by atoms with van der Waals surface area (Å²) in [4.78, 5) is 0.235. The van der Waals surface area contributed by atoms with Gasteiger partial charge in [0.2, 0.25) is 0 Å². The topological polar surface area (TPSA) is 0 Å². The van der Waals surface area contributed by atoms with Crippen molar-refractivity contribution in [2.45, 2.75) is 18.7 Å². The van der Waals surface area contributed by atoms with Gasteiger partial charge < -0.3 is 0 Å². The summed E-state index contributed by atoms with van der Waals surface area (Å²) >= 11 is 12.6. The molecule has 0 nitrogen and oxygen atoms in total. The fourth-order valence-electron chi connectivity index (χ4n) is 1.74. The second kappa shape index (κ2) is 5.55. The maximum Gasteiger partial charge on any atom is 0.0757 e. The van der Waals surface area contributed by atoms with Crippen molar-refractivity contribution in [3.8, 4) is 0 Å². The number of hydrogen-bond acceptors (Lipinski definition) is 1. The second-order valence-electron chi connectivity index (χ2n) is 3.93. The third-order valence-corrected chi connectivity index (χ3v) is 6.25. The lowest BCUT2D eigenvalue weighted by molar-refractivity contribution is 1.13. The third kappa shape index (κ3) is 2.86. The van der Waals surface area contributed by atoms with Crippen molar-refractivity contribution >= 4 is 59.1 Å². The molecule has 0 bridgehead atoms. The molecule has 1 unspecified atom stereocenters. The molecule has 0 fully saturated rings. The van der Waals surface area contributed by atoms with Crippen molar-refractivity contribution in [1.82, 2.24) is 0 Å². The molecule has 0 amide bonds. The number of alkyl halides is 1. The molecule has 1 heterocycles. The minimum absolute atomic E-state index is 0.235. The summed E-state index contributed by atoms with van der Waals surface area (Å²) in [6.45, 7) is 4.32. The van der Waals surface area contributed by atoms with E-state index < -0.39 is 0 Å². The predicted molar refractivity (Wildman–Crippen MR) is 86.4 cm³/mol. The summed E-state index contributed by atoms with van der Waals surface area (Å²) in [7, 11) is 0. The highest BCUT2D eigenvalue weighted by atomic mass is 79.9. The van der Waals surface area contributed by atoms with Gasteiger partial charge in [0.05, 0.1) is 12.4 Å². The standard InChI is InChI=1S/C13H11Br3S/c1-7-4-3-5-9(8(7)2)12(15)10-6-11(14)17-13(10)16/h3-6,12H,1-2H3. The summed E-state index contributed by atoms with van der Waals surface area (Å²) in [5.41, 5.74) is 5.28. The highest BCUT2D eigenvalue weighted by Gasteiger charge is 2.18. The maximum absolute atomic E-state index is 3.80. The van der Waals surface area contributed by atoms with Gasteiger partial charge in [-0.3, -0.25) is 0 Å². The Bertz CT molecular complexity index is 546. The Morgan fingerprint density at radius 3 is 2.41 bits per heavy atom. The van der Waals surface area contributed by atoms with Crippen LogP contribution in [0.4, 0.5) is 0 Å². The van der Waals surface area contributed by atoms with Crippen molar-refractivity contribution in [2.75, 3.05) is 0 Å². The van der Waals surface area contributed by atoms with Gasteiger partial charge in [-0.2, -0.15) is 0 Å². The number of aryl methyl sites for hydroxylation is 1. The predicted octanol–water partition coefficient (Wildman–Crippen LogP) is 6.37. The van der Waals surface area contributed by atoms with Gasteiger partial charge in [-0.1, -0.05) is 34.1 Å². The zero-order valence-electron chi connectivity index (χ0n) is 9.43. The molecular weight excluding hydrogens is 428 g/mol. The van der Waals surface area contributed by atoms with E-state index in [1.165, 1.54) is 26.0 Å². The molecule has 0 aliphatic carbocycles. The van der Waals surface area contributed by atoms with Crippen molar-refractivity contribution in [1.29, 1.82) is 0 Å². The largest absolute Gasteiger partial charge is 0.121 e. The summed E-state index contributed by atoms with van der Waals surface area (Å²) in [5, 5.41) is 0. The van der Waals surface area contributed by atoms with Gasteiger partial charge in [0.15, 0.2) is 0 Å². The summed E-state index contributed by atoms with van der Waals surface area (Å²) in [6, 6.07) is 8.61. The van der Waals surface area contributed by atoms with Crippen LogP contribution in [-0.4, -0.2) is 0 Å². The monoisotopic (exact) mass is 436 g/mol. The molecule has 0 saturated carbocycles. The average molecular weight is 439 g/mol. The fourth-order valence-corrected chi connectivity index (χ4v) is 5.96. The van der Waals surface area contributed by atoms with Gasteiger partial charge in [0.25, 0.3) is 0 Å². The Hall–Kier alpha value is 0.360. The fraction of sp³-hybridized carbons (Fsp3) is 0.231. The van der Waals surface area contributed by atoms with Gasteiger partial charge in [-0.25, -0.2) is 0 Å². The molecule has 1 aromatic carbocycles. The van der Waals surface area contributed by atoms with E-state index in [0.29, 0.717) is 0 Å². The molecule has 1 atom stereocenters. The zero-order valence-corrected chi connectivity index (χ0v) is 15.0. The van der Waals surface area contributed by atoms with Crippen LogP contribution in [0.1, 0.15) is 27.1 Å². The third-order valence-electron chi connectivity index (χ3n) is 2.88. The lowest BCUT2D eigenvalue weighted by Crippen LogP contribution is -1.96. The molecule has 0 saturated heterocycles. The number of thiophene rings is 1. The minimum Gasteiger partial charge on any atom is -0.121 e. The smallest absolute Gasteiger partial charge is 0.0757 e. The molecule has 0 radical (unpaired) electrons. The lowest BCUT2D eigenvalue weighted by Gasteiger charge is -2.14. The van der Waals surface area contributed by atoms with Crippen LogP contribution in [0.25, 0.3) is 0 Å². The van der Waals surface area contributed by atoms with Crippen LogP contribution in [0.5, 0.6) is 0 Å². The molecule has 0 N–H and O–H groups in total. The Morgan fingerprint density at radius 1 is 1.12 bits per heavy atom. The van der Waals surface area contributed by atoms with E-state index in [1.54, 1.807) is 11.3 Å². The van der Waals surface area contributed by atoms with Crippen LogP contribution >= 0.6 is 59.1 Å². The Labute approximate surface area is 131 Å². The van der Waals surface area contributed by atoms with Crippen LogP contribution < -0.4 is 0 Å². The van der Waals surface area contributed by atoms with Crippen molar-refractivity contribution < 1.29 is 0 Å². The van der Waals surface area contributed by atoms with Crippen LogP contribution in [0.15, 0.2) is 31.8 Å². The van der Waals surface area contributed by atoms with Crippen molar-refractivity contribution in [2.24, 2.45) is 0 Å². The van der Waals surface area contributed by atoms with E-state index in [2.05, 4.69) is 85.9 Å². The molecule has 0 spiro atoms. The van der Waals surface area contributed by atoms with Gasteiger partial charge in [0.1, 0.15) is 0 Å². The first-order valence-corrected chi connectivity index (χ1v) is 8.47. The molecule has 0 aliphatic rings. The summed E-state index contributed by atoms with van der Waals surface area (Å²) in [6.07, 6.45) is 0. The Kier molecular flexibility index (Phi) is 4.50. The number of rotatable bonds is 2. The molecule has 4 heteroatoms. The number of benzene rings is 1. The van der Waals surface area contributed by atoms with Crippen LogP contribution in [0.3, 0.4) is 0 Å². The molecule has 2 rings (SSSR count). The Balaban J connectivity index is 2.47. The zero-order chi connectivity index (χ0) is 12.6. The molecule has 2 aromatic rings. The molecule has 1 aromatic heterocycles. The van der Waals surface area contributed by atoms with Gasteiger partial charge >= 0.3 is 0 Å². The minimum atomic E-state index is 0.235. The highest BCUT2D eigenvalue weighted by Crippen LogP contribution is 2.42. The van der Waals surface area contributed by atoms with E-state index in [4.69, 9.17) is 0 Å². The summed E-state index contributed by atoms with van der Waals surface area (Å²) in [5.74, 6) is 0. The molecule has 17 heavy (non-hydrogen) atoms. The first-order chi connectivity index (χ1) is 8.00. The SMILES string of the molecule is Cc1cccc(C(Br)c2cc(Br)sc2Br)c1C. The molecule has 0 aliphatic heterocycles. The normalized spacial score (nSPS) is 12.8. The van der Waals surface area contributed by atoms with E-state index >= 15 is 0 Å². The van der Waals surface area contributed by atoms with E-state index in [9.17, 15) is 0 Å². The number of hydrogen-bond donors (Lipinski definition) is 0. The van der Waals surface area contributed by atoms with E-state index in [1.807, 2.05) is 0 Å². The first kappa shape index (κ1) is 13.8. The summed E-state index contributed by atoms with van der Waals surface area (Å²) < 4.78 is 2.32. The average Bonchev–Trinajstić information content (AvgIpc) is 2.61. The second-order valence-corrected chi connectivity index (χ2v) is 8.60. The first-order valence-electron chi connectivity index (χ1n) is 5.15. The van der Waals surface area contributed by atoms with Gasteiger partial charge in [-0.15, -0.1) is 11.3 Å². The Morgan fingerprint density at radius 2 is 1.82 bits per heavy atom. The van der Waals surface area contributed by atoms with Crippen LogP contribution in [-0.2, 0) is 0 Å².